The first-order valence-electron chi connectivity index (χ1n) is 7.26. The number of anilines is 2. The Morgan fingerprint density at radius 2 is 1.86 bits per heavy atom. The Hall–Kier alpha value is -1.85. The Kier molecular flexibility index (Phi) is 5.93. The van der Waals surface area contributed by atoms with Gasteiger partial charge in [0.1, 0.15) is 17.5 Å². The third-order valence-electron chi connectivity index (χ3n) is 2.98. The normalized spacial score (nSPS) is 11.1. The zero-order chi connectivity index (χ0) is 16.0. The van der Waals surface area contributed by atoms with Gasteiger partial charge in [-0.2, -0.15) is 0 Å². The first-order valence-corrected chi connectivity index (χ1v) is 7.26. The van der Waals surface area contributed by atoms with Crippen LogP contribution in [0.2, 0.25) is 0 Å². The molecule has 0 atom stereocenters. The van der Waals surface area contributed by atoms with E-state index < -0.39 is 0 Å². The van der Waals surface area contributed by atoms with Gasteiger partial charge in [0.15, 0.2) is 0 Å². The maximum Gasteiger partial charge on any atom is 0.307 e. The lowest BCUT2D eigenvalue weighted by Gasteiger charge is -2.20. The molecular weight excluding hydrogens is 268 g/mol. The van der Waals surface area contributed by atoms with Crippen LogP contribution in [0.4, 0.5) is 11.6 Å². The Labute approximate surface area is 126 Å². The molecule has 0 amide bonds. The van der Waals surface area contributed by atoms with Crippen LogP contribution in [-0.2, 0) is 14.9 Å². The van der Waals surface area contributed by atoms with Crippen molar-refractivity contribution in [1.29, 1.82) is 0 Å². The van der Waals surface area contributed by atoms with Crippen molar-refractivity contribution >= 4 is 17.6 Å². The summed E-state index contributed by atoms with van der Waals surface area (Å²) in [5.41, 5.74) is 0.797. The van der Waals surface area contributed by atoms with Gasteiger partial charge in [0.2, 0.25) is 0 Å². The molecule has 0 radical (unpaired) electrons. The van der Waals surface area contributed by atoms with Gasteiger partial charge in [-0.3, -0.25) is 4.79 Å². The second-order valence-corrected chi connectivity index (χ2v) is 5.85. The van der Waals surface area contributed by atoms with Gasteiger partial charge in [0.25, 0.3) is 0 Å². The molecule has 1 heterocycles. The average molecular weight is 294 g/mol. The van der Waals surface area contributed by atoms with E-state index in [2.05, 4.69) is 41.4 Å². The minimum absolute atomic E-state index is 0.142. The summed E-state index contributed by atoms with van der Waals surface area (Å²) in [6.45, 7) is 10.9. The van der Waals surface area contributed by atoms with Crippen LogP contribution in [0.25, 0.3) is 0 Å². The minimum Gasteiger partial charge on any atom is -0.466 e. The van der Waals surface area contributed by atoms with E-state index in [1.165, 1.54) is 0 Å². The zero-order valence-corrected chi connectivity index (χ0v) is 13.8. The number of hydrogen-bond acceptors (Lipinski definition) is 6. The van der Waals surface area contributed by atoms with Gasteiger partial charge >= 0.3 is 5.97 Å². The number of esters is 1. The fraction of sp³-hybridized carbons (Fsp3) is 0.667. The summed E-state index contributed by atoms with van der Waals surface area (Å²) >= 11 is 0. The number of nitrogens with zero attached hydrogens (tertiary/aromatic N) is 2. The van der Waals surface area contributed by atoms with E-state index in [4.69, 9.17) is 4.74 Å². The van der Waals surface area contributed by atoms with Gasteiger partial charge in [-0.05, 0) is 13.8 Å². The Morgan fingerprint density at radius 3 is 2.38 bits per heavy atom. The molecule has 0 unspecified atom stereocenters. The average Bonchev–Trinajstić information content (AvgIpc) is 2.39. The molecular formula is C15H26N4O2. The van der Waals surface area contributed by atoms with E-state index >= 15 is 0 Å². The summed E-state index contributed by atoms with van der Waals surface area (Å²) in [5, 5.41) is 6.28. The van der Waals surface area contributed by atoms with Crippen LogP contribution in [0.5, 0.6) is 0 Å². The lowest BCUT2D eigenvalue weighted by atomic mass is 9.95. The Morgan fingerprint density at radius 1 is 1.24 bits per heavy atom. The molecule has 21 heavy (non-hydrogen) atoms. The highest BCUT2D eigenvalue weighted by Gasteiger charge is 2.20. The molecule has 6 heteroatoms. The lowest BCUT2D eigenvalue weighted by molar-refractivity contribution is -0.142. The van der Waals surface area contributed by atoms with Gasteiger partial charge in [-0.1, -0.05) is 20.8 Å². The molecule has 0 aliphatic rings. The van der Waals surface area contributed by atoms with Crippen molar-refractivity contribution in [2.75, 3.05) is 30.8 Å². The van der Waals surface area contributed by atoms with Crippen molar-refractivity contribution in [2.24, 2.45) is 0 Å². The summed E-state index contributed by atoms with van der Waals surface area (Å²) < 4.78 is 4.91. The van der Waals surface area contributed by atoms with Gasteiger partial charge in [-0.15, -0.1) is 0 Å². The molecule has 0 saturated heterocycles. The van der Waals surface area contributed by atoms with Crippen molar-refractivity contribution < 1.29 is 9.53 Å². The molecule has 118 valence electrons. The van der Waals surface area contributed by atoms with Gasteiger partial charge in [0.05, 0.1) is 13.0 Å². The quantitative estimate of drug-likeness (QED) is 0.785. The number of rotatable bonds is 6. The number of nitrogens with one attached hydrogen (secondary N) is 2. The van der Waals surface area contributed by atoms with Crippen molar-refractivity contribution in [3.8, 4) is 0 Å². The Balaban J connectivity index is 2.88. The topological polar surface area (TPSA) is 76.1 Å². The second-order valence-electron chi connectivity index (χ2n) is 5.85. The molecule has 0 aliphatic heterocycles. The molecule has 1 rings (SSSR count). The third kappa shape index (κ3) is 4.88. The van der Waals surface area contributed by atoms with Crippen LogP contribution < -0.4 is 10.6 Å². The van der Waals surface area contributed by atoms with E-state index in [0.717, 1.165) is 23.0 Å². The molecule has 2 N–H and O–H groups in total. The predicted octanol–water partition coefficient (Wildman–Crippen LogP) is 2.49. The van der Waals surface area contributed by atoms with Crippen molar-refractivity contribution in [1.82, 2.24) is 9.97 Å². The molecule has 1 aromatic heterocycles. The van der Waals surface area contributed by atoms with Crippen molar-refractivity contribution in [2.45, 2.75) is 46.5 Å². The van der Waals surface area contributed by atoms with E-state index in [1.807, 2.05) is 14.0 Å². The standard InChI is InChI=1S/C15H26N4O2/c1-7-21-11(20)8-9-17-13-10(2)12(16-6)18-14(19-13)15(3,4)5/h7-9H2,1-6H3,(H2,16,17,18,19). The number of aromatic nitrogens is 2. The fourth-order valence-electron chi connectivity index (χ4n) is 1.78. The van der Waals surface area contributed by atoms with E-state index in [0.29, 0.717) is 19.6 Å². The van der Waals surface area contributed by atoms with Crippen LogP contribution in [0.1, 0.15) is 45.5 Å². The number of carbonyl (C=O) groups is 1. The highest BCUT2D eigenvalue weighted by atomic mass is 16.5. The smallest absolute Gasteiger partial charge is 0.307 e. The van der Waals surface area contributed by atoms with Crippen LogP contribution >= 0.6 is 0 Å². The predicted molar refractivity (Wildman–Crippen MR) is 84.8 cm³/mol. The number of ether oxygens (including phenoxy) is 1. The summed E-state index contributed by atoms with van der Waals surface area (Å²) in [6.07, 6.45) is 0.316. The van der Waals surface area contributed by atoms with E-state index in [9.17, 15) is 4.79 Å². The summed E-state index contributed by atoms with van der Waals surface area (Å²) in [5.74, 6) is 2.11. The molecule has 0 bridgehead atoms. The molecule has 0 aliphatic carbocycles. The highest BCUT2D eigenvalue weighted by Crippen LogP contribution is 2.25. The van der Waals surface area contributed by atoms with Crippen LogP contribution in [0.3, 0.4) is 0 Å². The lowest BCUT2D eigenvalue weighted by Crippen LogP contribution is -2.20. The SMILES string of the molecule is CCOC(=O)CCNc1nc(C(C)(C)C)nc(NC)c1C. The molecule has 0 spiro atoms. The number of hydrogen-bond donors (Lipinski definition) is 2. The zero-order valence-electron chi connectivity index (χ0n) is 13.8. The third-order valence-corrected chi connectivity index (χ3v) is 2.98. The van der Waals surface area contributed by atoms with E-state index in [1.54, 1.807) is 6.92 Å². The number of carbonyl (C=O) groups excluding carboxylic acids is 1. The van der Waals surface area contributed by atoms with Crippen molar-refractivity contribution in [3.05, 3.63) is 11.4 Å². The molecule has 0 aromatic carbocycles. The summed E-state index contributed by atoms with van der Waals surface area (Å²) in [7, 11) is 1.84. The fourth-order valence-corrected chi connectivity index (χ4v) is 1.78. The minimum atomic E-state index is -0.207. The first-order chi connectivity index (χ1) is 9.79. The summed E-state index contributed by atoms with van der Waals surface area (Å²) in [4.78, 5) is 20.5. The molecule has 6 nitrogen and oxygen atoms in total. The van der Waals surface area contributed by atoms with Gasteiger partial charge in [-0.25, -0.2) is 9.97 Å². The summed E-state index contributed by atoms with van der Waals surface area (Å²) in [6, 6.07) is 0. The van der Waals surface area contributed by atoms with Crippen LogP contribution in [-0.4, -0.2) is 36.1 Å². The first kappa shape index (κ1) is 17.2. The molecule has 1 aromatic rings. The van der Waals surface area contributed by atoms with Crippen LogP contribution in [0.15, 0.2) is 0 Å². The highest BCUT2D eigenvalue weighted by molar-refractivity contribution is 5.70. The Bertz CT molecular complexity index is 495. The largest absolute Gasteiger partial charge is 0.466 e. The molecule has 0 fully saturated rings. The van der Waals surface area contributed by atoms with Crippen LogP contribution in [0, 0.1) is 6.92 Å². The maximum absolute atomic E-state index is 11.4. The van der Waals surface area contributed by atoms with Crippen molar-refractivity contribution in [3.63, 3.8) is 0 Å². The molecule has 0 saturated carbocycles. The second kappa shape index (κ2) is 7.24. The van der Waals surface area contributed by atoms with E-state index in [-0.39, 0.29) is 11.4 Å². The van der Waals surface area contributed by atoms with Gasteiger partial charge < -0.3 is 15.4 Å². The monoisotopic (exact) mass is 294 g/mol. The van der Waals surface area contributed by atoms with Gasteiger partial charge in [0, 0.05) is 24.6 Å². The maximum atomic E-state index is 11.4.